The standard InChI is InChI=1S/C22H22FN3OS/c1-25-12-14-26(15-13-25)19-5-3-2-4-18(19)24-22(27)21-11-10-20(28-21)16-6-8-17(23)9-7-16/h2-11H,12-15H2,1H3,(H,24,27)/p+1. The number of halogens is 1. The van der Waals surface area contributed by atoms with Gasteiger partial charge in [-0.1, -0.05) is 24.3 Å². The van der Waals surface area contributed by atoms with E-state index in [0.717, 1.165) is 48.0 Å². The van der Waals surface area contributed by atoms with Crippen LogP contribution in [0.3, 0.4) is 0 Å². The number of nitrogens with zero attached hydrogens (tertiary/aromatic N) is 1. The van der Waals surface area contributed by atoms with Gasteiger partial charge in [-0.3, -0.25) is 4.79 Å². The molecule has 144 valence electrons. The van der Waals surface area contributed by atoms with Crippen LogP contribution in [0.1, 0.15) is 9.67 Å². The molecule has 6 heteroatoms. The molecule has 1 saturated heterocycles. The zero-order valence-corrected chi connectivity index (χ0v) is 16.6. The molecule has 2 heterocycles. The van der Waals surface area contributed by atoms with Gasteiger partial charge in [0.25, 0.3) is 5.91 Å². The lowest BCUT2D eigenvalue weighted by Crippen LogP contribution is -3.12. The maximum atomic E-state index is 13.1. The fraction of sp³-hybridized carbons (Fsp3) is 0.227. The first-order valence-corrected chi connectivity index (χ1v) is 10.2. The monoisotopic (exact) mass is 396 g/mol. The summed E-state index contributed by atoms with van der Waals surface area (Å²) in [6, 6.07) is 18.0. The zero-order chi connectivity index (χ0) is 19.5. The van der Waals surface area contributed by atoms with Crippen molar-refractivity contribution in [2.75, 3.05) is 43.4 Å². The Morgan fingerprint density at radius 2 is 1.75 bits per heavy atom. The third kappa shape index (κ3) is 4.08. The fourth-order valence-corrected chi connectivity index (χ4v) is 4.30. The van der Waals surface area contributed by atoms with Crippen LogP contribution < -0.4 is 15.1 Å². The molecular weight excluding hydrogens is 373 g/mol. The number of rotatable bonds is 4. The van der Waals surface area contributed by atoms with Crippen molar-refractivity contribution in [1.82, 2.24) is 0 Å². The number of anilines is 2. The van der Waals surface area contributed by atoms with Gasteiger partial charge in [0.05, 0.1) is 49.5 Å². The summed E-state index contributed by atoms with van der Waals surface area (Å²) in [7, 11) is 2.21. The van der Waals surface area contributed by atoms with E-state index in [4.69, 9.17) is 0 Å². The molecule has 3 aromatic rings. The topological polar surface area (TPSA) is 36.8 Å². The summed E-state index contributed by atoms with van der Waals surface area (Å²) in [6.45, 7) is 4.14. The number of para-hydroxylation sites is 2. The highest BCUT2D eigenvalue weighted by atomic mass is 32.1. The van der Waals surface area contributed by atoms with Crippen LogP contribution in [-0.4, -0.2) is 39.1 Å². The first-order valence-electron chi connectivity index (χ1n) is 9.42. The van der Waals surface area contributed by atoms with E-state index >= 15 is 0 Å². The molecule has 4 nitrogen and oxygen atoms in total. The number of carbonyl (C=O) groups excluding carboxylic acids is 1. The summed E-state index contributed by atoms with van der Waals surface area (Å²) in [6.07, 6.45) is 0. The number of benzene rings is 2. The van der Waals surface area contributed by atoms with Gasteiger partial charge in [-0.15, -0.1) is 11.3 Å². The zero-order valence-electron chi connectivity index (χ0n) is 15.7. The molecule has 2 aromatic carbocycles. The van der Waals surface area contributed by atoms with Crippen molar-refractivity contribution in [3.63, 3.8) is 0 Å². The fourth-order valence-electron chi connectivity index (χ4n) is 3.40. The average molecular weight is 397 g/mol. The van der Waals surface area contributed by atoms with Crippen molar-refractivity contribution < 1.29 is 14.1 Å². The third-order valence-corrected chi connectivity index (χ3v) is 6.20. The Kier molecular flexibility index (Phi) is 5.41. The Morgan fingerprint density at radius 3 is 2.50 bits per heavy atom. The van der Waals surface area contributed by atoms with Crippen molar-refractivity contribution in [2.45, 2.75) is 0 Å². The van der Waals surface area contributed by atoms with Gasteiger partial charge in [-0.2, -0.15) is 0 Å². The van der Waals surface area contributed by atoms with Crippen LogP contribution in [0.25, 0.3) is 10.4 Å². The number of amides is 1. The Balaban J connectivity index is 1.51. The number of nitrogens with one attached hydrogen (secondary N) is 2. The average Bonchev–Trinajstić information content (AvgIpc) is 3.20. The third-order valence-electron chi connectivity index (χ3n) is 5.07. The molecule has 0 aliphatic carbocycles. The van der Waals surface area contributed by atoms with Gasteiger partial charge in [0, 0.05) is 4.88 Å². The number of likely N-dealkylation sites (N-methyl/N-ethyl adjacent to an activating group) is 1. The minimum Gasteiger partial charge on any atom is -0.359 e. The highest BCUT2D eigenvalue weighted by Gasteiger charge is 2.20. The van der Waals surface area contributed by atoms with E-state index in [1.165, 1.54) is 28.4 Å². The van der Waals surface area contributed by atoms with Gasteiger partial charge < -0.3 is 15.1 Å². The summed E-state index contributed by atoms with van der Waals surface area (Å²) in [5.41, 5.74) is 2.81. The SMILES string of the molecule is C[NH+]1CCN(c2ccccc2NC(=O)c2ccc(-c3ccc(F)cc3)s2)CC1. The second-order valence-corrected chi connectivity index (χ2v) is 8.17. The van der Waals surface area contributed by atoms with E-state index in [2.05, 4.69) is 23.3 Å². The lowest BCUT2D eigenvalue weighted by atomic mass is 10.2. The highest BCUT2D eigenvalue weighted by Crippen LogP contribution is 2.30. The van der Waals surface area contributed by atoms with Crippen LogP contribution in [0.2, 0.25) is 0 Å². The van der Waals surface area contributed by atoms with Gasteiger partial charge in [0.2, 0.25) is 0 Å². The van der Waals surface area contributed by atoms with E-state index in [1.807, 2.05) is 30.3 Å². The number of thiophene rings is 1. The highest BCUT2D eigenvalue weighted by molar-refractivity contribution is 7.17. The number of piperazine rings is 1. The maximum Gasteiger partial charge on any atom is 0.265 e. The van der Waals surface area contributed by atoms with Crippen LogP contribution in [-0.2, 0) is 0 Å². The first kappa shape index (κ1) is 18.7. The van der Waals surface area contributed by atoms with Crippen molar-refractivity contribution in [1.29, 1.82) is 0 Å². The molecule has 4 rings (SSSR count). The molecule has 1 aliphatic heterocycles. The number of hydrogen-bond acceptors (Lipinski definition) is 3. The maximum absolute atomic E-state index is 13.1. The second-order valence-electron chi connectivity index (χ2n) is 7.09. The van der Waals surface area contributed by atoms with E-state index in [0.29, 0.717) is 4.88 Å². The van der Waals surface area contributed by atoms with Crippen LogP contribution in [0, 0.1) is 5.82 Å². The summed E-state index contributed by atoms with van der Waals surface area (Å²) in [4.78, 5) is 18.3. The van der Waals surface area contributed by atoms with Gasteiger partial charge in [0.1, 0.15) is 5.82 Å². The normalized spacial score (nSPS) is 14.9. The van der Waals surface area contributed by atoms with E-state index in [1.54, 1.807) is 12.1 Å². The van der Waals surface area contributed by atoms with E-state index in [-0.39, 0.29) is 11.7 Å². The molecule has 2 N–H and O–H groups in total. The van der Waals surface area contributed by atoms with Gasteiger partial charge >= 0.3 is 0 Å². The Labute approximate surface area is 168 Å². The summed E-state index contributed by atoms with van der Waals surface area (Å²) in [5.74, 6) is -0.383. The second kappa shape index (κ2) is 8.12. The van der Waals surface area contributed by atoms with E-state index in [9.17, 15) is 9.18 Å². The largest absolute Gasteiger partial charge is 0.359 e. The molecule has 0 unspecified atom stereocenters. The van der Waals surface area contributed by atoms with Crippen LogP contribution in [0.4, 0.5) is 15.8 Å². The van der Waals surface area contributed by atoms with Crippen molar-refractivity contribution in [3.05, 3.63) is 71.4 Å². The molecule has 1 aromatic heterocycles. The molecule has 0 atom stereocenters. The molecule has 28 heavy (non-hydrogen) atoms. The summed E-state index contributed by atoms with van der Waals surface area (Å²) < 4.78 is 13.1. The predicted octanol–water partition coefficient (Wildman–Crippen LogP) is 3.14. The molecule has 0 bridgehead atoms. The Morgan fingerprint density at radius 1 is 1.04 bits per heavy atom. The van der Waals surface area contributed by atoms with Crippen molar-refractivity contribution >= 4 is 28.6 Å². The summed E-state index contributed by atoms with van der Waals surface area (Å²) in [5, 5.41) is 3.07. The molecule has 1 amide bonds. The van der Waals surface area contributed by atoms with Crippen molar-refractivity contribution in [2.24, 2.45) is 0 Å². The lowest BCUT2D eigenvalue weighted by Gasteiger charge is -2.32. The molecule has 0 saturated carbocycles. The Hall–Kier alpha value is -2.70. The minimum atomic E-state index is -0.264. The van der Waals surface area contributed by atoms with Gasteiger partial charge in [-0.05, 0) is 42.0 Å². The van der Waals surface area contributed by atoms with Crippen LogP contribution in [0.5, 0.6) is 0 Å². The first-order chi connectivity index (χ1) is 13.6. The predicted molar refractivity (Wildman–Crippen MR) is 113 cm³/mol. The van der Waals surface area contributed by atoms with E-state index < -0.39 is 0 Å². The molecule has 0 spiro atoms. The quantitative estimate of drug-likeness (QED) is 0.711. The molecule has 0 radical (unpaired) electrons. The minimum absolute atomic E-state index is 0.120. The van der Waals surface area contributed by atoms with Crippen LogP contribution in [0.15, 0.2) is 60.7 Å². The molecular formula is C22H23FN3OS+. The molecule has 1 aliphatic rings. The number of quaternary nitrogens is 1. The number of hydrogen-bond donors (Lipinski definition) is 2. The molecule has 1 fully saturated rings. The Bertz CT molecular complexity index is 962. The lowest BCUT2D eigenvalue weighted by molar-refractivity contribution is -0.880. The van der Waals surface area contributed by atoms with Crippen LogP contribution >= 0.6 is 11.3 Å². The smallest absolute Gasteiger partial charge is 0.265 e. The van der Waals surface area contributed by atoms with Crippen molar-refractivity contribution in [3.8, 4) is 10.4 Å². The van der Waals surface area contributed by atoms with Gasteiger partial charge in [-0.25, -0.2) is 4.39 Å². The summed E-state index contributed by atoms with van der Waals surface area (Å²) >= 11 is 1.41. The number of carbonyl (C=O) groups is 1. The van der Waals surface area contributed by atoms with Gasteiger partial charge in [0.15, 0.2) is 0 Å².